The summed E-state index contributed by atoms with van der Waals surface area (Å²) in [5.74, 6) is 0. The van der Waals surface area contributed by atoms with Gasteiger partial charge in [-0.25, -0.2) is 16.8 Å². The van der Waals surface area contributed by atoms with E-state index in [-0.39, 0.29) is 25.6 Å². The standard InChI is InChI=1S/C11H10Cl2N2O4S3/c1-21(16,17)14-9-5-7(12)8(13)6-10(9)15-22(18,19)11-3-2-4-20-11/h2-6,14-15H,1H3. The van der Waals surface area contributed by atoms with Gasteiger partial charge in [0, 0.05) is 0 Å². The number of hydrogen-bond acceptors (Lipinski definition) is 5. The third-order valence-corrected chi connectivity index (χ3v) is 6.44. The zero-order valence-corrected chi connectivity index (χ0v) is 15.0. The molecule has 2 rings (SSSR count). The van der Waals surface area contributed by atoms with Crippen LogP contribution in [0.4, 0.5) is 11.4 Å². The lowest BCUT2D eigenvalue weighted by Crippen LogP contribution is -2.16. The van der Waals surface area contributed by atoms with Crippen LogP contribution in [0.15, 0.2) is 33.9 Å². The number of hydrogen-bond donors (Lipinski definition) is 2. The third-order valence-electron chi connectivity index (χ3n) is 2.36. The summed E-state index contributed by atoms with van der Waals surface area (Å²) in [4.78, 5) is 0. The molecule has 0 unspecified atom stereocenters. The Labute approximate surface area is 142 Å². The van der Waals surface area contributed by atoms with Crippen molar-refractivity contribution in [2.75, 3.05) is 15.7 Å². The Morgan fingerprint density at radius 1 is 1.00 bits per heavy atom. The van der Waals surface area contributed by atoms with Crippen LogP contribution >= 0.6 is 34.5 Å². The van der Waals surface area contributed by atoms with Crippen molar-refractivity contribution in [3.05, 3.63) is 39.7 Å². The van der Waals surface area contributed by atoms with Crippen LogP contribution in [0.1, 0.15) is 0 Å². The van der Waals surface area contributed by atoms with E-state index in [2.05, 4.69) is 9.44 Å². The van der Waals surface area contributed by atoms with Crippen LogP contribution in [-0.4, -0.2) is 23.1 Å². The average Bonchev–Trinajstić information content (AvgIpc) is 2.88. The van der Waals surface area contributed by atoms with Crippen molar-refractivity contribution >= 4 is 66.0 Å². The summed E-state index contributed by atoms with van der Waals surface area (Å²) in [5.41, 5.74) is -0.0368. The SMILES string of the molecule is CS(=O)(=O)Nc1cc(Cl)c(Cl)cc1NS(=O)(=O)c1cccs1. The maximum Gasteiger partial charge on any atom is 0.271 e. The van der Waals surface area contributed by atoms with Crippen molar-refractivity contribution in [2.24, 2.45) is 0 Å². The van der Waals surface area contributed by atoms with Crippen molar-refractivity contribution in [3.63, 3.8) is 0 Å². The molecule has 0 saturated carbocycles. The third kappa shape index (κ3) is 4.26. The maximum absolute atomic E-state index is 12.2. The fraction of sp³-hybridized carbons (Fsp3) is 0.0909. The molecule has 22 heavy (non-hydrogen) atoms. The van der Waals surface area contributed by atoms with Crippen molar-refractivity contribution in [2.45, 2.75) is 4.21 Å². The van der Waals surface area contributed by atoms with Crippen LogP contribution in [0.3, 0.4) is 0 Å². The van der Waals surface area contributed by atoms with E-state index in [9.17, 15) is 16.8 Å². The Kier molecular flexibility index (Phi) is 4.93. The summed E-state index contributed by atoms with van der Waals surface area (Å²) in [6.45, 7) is 0. The Hall–Kier alpha value is -1.00. The Bertz CT molecular complexity index is 894. The van der Waals surface area contributed by atoms with Crippen molar-refractivity contribution in [3.8, 4) is 0 Å². The summed E-state index contributed by atoms with van der Waals surface area (Å²) < 4.78 is 51.8. The number of sulfonamides is 2. The van der Waals surface area contributed by atoms with E-state index < -0.39 is 20.0 Å². The van der Waals surface area contributed by atoms with Gasteiger partial charge in [0.2, 0.25) is 10.0 Å². The molecule has 6 nitrogen and oxygen atoms in total. The summed E-state index contributed by atoms with van der Waals surface area (Å²) in [5, 5.41) is 1.79. The van der Waals surface area contributed by atoms with Crippen LogP contribution in [0.5, 0.6) is 0 Å². The molecule has 2 aromatic rings. The second-order valence-electron chi connectivity index (χ2n) is 4.22. The summed E-state index contributed by atoms with van der Waals surface area (Å²) >= 11 is 12.7. The number of rotatable bonds is 5. The Morgan fingerprint density at radius 2 is 1.55 bits per heavy atom. The van der Waals surface area contributed by atoms with Crippen molar-refractivity contribution in [1.82, 2.24) is 0 Å². The zero-order chi connectivity index (χ0) is 16.5. The van der Waals surface area contributed by atoms with Crippen LogP contribution < -0.4 is 9.44 Å². The van der Waals surface area contributed by atoms with Gasteiger partial charge in [0.1, 0.15) is 4.21 Å². The molecular formula is C11H10Cl2N2O4S3. The van der Waals surface area contributed by atoms with Gasteiger partial charge in [-0.05, 0) is 23.6 Å². The lowest BCUT2D eigenvalue weighted by molar-refractivity contribution is 0.602. The highest BCUT2D eigenvalue weighted by atomic mass is 35.5. The molecule has 0 radical (unpaired) electrons. The zero-order valence-electron chi connectivity index (χ0n) is 11.0. The van der Waals surface area contributed by atoms with Crippen molar-refractivity contribution < 1.29 is 16.8 Å². The minimum Gasteiger partial charge on any atom is -0.282 e. The predicted molar refractivity (Wildman–Crippen MR) is 90.1 cm³/mol. The van der Waals surface area contributed by atoms with Crippen LogP contribution in [0.25, 0.3) is 0 Å². The molecule has 0 spiro atoms. The van der Waals surface area contributed by atoms with E-state index in [1.807, 2.05) is 0 Å². The molecule has 0 aliphatic heterocycles. The van der Waals surface area contributed by atoms with Gasteiger partial charge in [-0.15, -0.1) is 11.3 Å². The van der Waals surface area contributed by atoms with Gasteiger partial charge < -0.3 is 0 Å². The summed E-state index contributed by atoms with van der Waals surface area (Å²) in [7, 11) is -7.47. The molecule has 0 amide bonds. The van der Waals surface area contributed by atoms with E-state index in [1.54, 1.807) is 11.4 Å². The highest BCUT2D eigenvalue weighted by molar-refractivity contribution is 7.94. The number of thiophene rings is 1. The molecule has 120 valence electrons. The fourth-order valence-electron chi connectivity index (χ4n) is 1.53. The van der Waals surface area contributed by atoms with Crippen LogP contribution in [0.2, 0.25) is 10.0 Å². The first kappa shape index (κ1) is 17.4. The molecule has 11 heteroatoms. The molecule has 0 aliphatic rings. The lowest BCUT2D eigenvalue weighted by Gasteiger charge is -2.14. The van der Waals surface area contributed by atoms with E-state index in [0.717, 1.165) is 17.6 Å². The monoisotopic (exact) mass is 400 g/mol. The van der Waals surface area contributed by atoms with E-state index in [1.165, 1.54) is 18.2 Å². The minimum atomic E-state index is -3.85. The molecule has 1 heterocycles. The highest BCUT2D eigenvalue weighted by Crippen LogP contribution is 2.34. The second-order valence-corrected chi connectivity index (χ2v) is 9.64. The highest BCUT2D eigenvalue weighted by Gasteiger charge is 2.19. The number of nitrogens with one attached hydrogen (secondary N) is 2. The van der Waals surface area contributed by atoms with Crippen molar-refractivity contribution in [1.29, 1.82) is 0 Å². The molecule has 1 aromatic heterocycles. The molecule has 0 saturated heterocycles. The molecule has 0 fully saturated rings. The van der Waals surface area contributed by atoms with E-state index >= 15 is 0 Å². The van der Waals surface area contributed by atoms with Gasteiger partial charge in [0.05, 0.1) is 27.7 Å². The maximum atomic E-state index is 12.2. The molecule has 0 bridgehead atoms. The predicted octanol–water partition coefficient (Wildman–Crippen LogP) is 3.23. The number of anilines is 2. The first-order chi connectivity index (χ1) is 10.1. The van der Waals surface area contributed by atoms with Gasteiger partial charge in [-0.3, -0.25) is 9.44 Å². The first-order valence-electron chi connectivity index (χ1n) is 5.62. The topological polar surface area (TPSA) is 92.3 Å². The Balaban J connectivity index is 2.48. The van der Waals surface area contributed by atoms with E-state index in [0.29, 0.717) is 0 Å². The van der Waals surface area contributed by atoms with Gasteiger partial charge in [-0.1, -0.05) is 29.3 Å². The number of halogens is 2. The molecule has 0 atom stereocenters. The average molecular weight is 401 g/mol. The summed E-state index contributed by atoms with van der Waals surface area (Å²) in [6, 6.07) is 5.48. The fourth-order valence-corrected chi connectivity index (χ4v) is 4.49. The van der Waals surface area contributed by atoms with Gasteiger partial charge >= 0.3 is 0 Å². The van der Waals surface area contributed by atoms with E-state index in [4.69, 9.17) is 23.2 Å². The largest absolute Gasteiger partial charge is 0.282 e. The van der Waals surface area contributed by atoms with Crippen LogP contribution in [0, 0.1) is 0 Å². The first-order valence-corrected chi connectivity index (χ1v) is 10.6. The smallest absolute Gasteiger partial charge is 0.271 e. The quantitative estimate of drug-likeness (QED) is 0.805. The number of benzene rings is 1. The second kappa shape index (κ2) is 6.25. The molecule has 1 aromatic carbocycles. The summed E-state index contributed by atoms with van der Waals surface area (Å²) in [6.07, 6.45) is 0.938. The molecular weight excluding hydrogens is 391 g/mol. The normalized spacial score (nSPS) is 12.1. The lowest BCUT2D eigenvalue weighted by atomic mass is 10.3. The minimum absolute atomic E-state index is 0.0166. The molecule has 2 N–H and O–H groups in total. The van der Waals surface area contributed by atoms with Gasteiger partial charge in [-0.2, -0.15) is 0 Å². The van der Waals surface area contributed by atoms with Crippen LogP contribution in [-0.2, 0) is 20.0 Å². The van der Waals surface area contributed by atoms with Gasteiger partial charge in [0.15, 0.2) is 0 Å². The van der Waals surface area contributed by atoms with Gasteiger partial charge in [0.25, 0.3) is 10.0 Å². The molecule has 0 aliphatic carbocycles. The Morgan fingerprint density at radius 3 is 2.00 bits per heavy atom.